The second-order valence-electron chi connectivity index (χ2n) is 6.37. The molecule has 0 saturated carbocycles. The molecule has 0 saturated heterocycles. The van der Waals surface area contributed by atoms with Gasteiger partial charge in [-0.3, -0.25) is 14.5 Å². The first-order valence-corrected chi connectivity index (χ1v) is 8.83. The van der Waals surface area contributed by atoms with Gasteiger partial charge in [-0.05, 0) is 43.3 Å². The van der Waals surface area contributed by atoms with Crippen LogP contribution in [0, 0.1) is 5.82 Å². The number of halogens is 5. The molecule has 1 atom stereocenters. The fraction of sp³-hybridized carbons (Fsp3) is 0.211. The van der Waals surface area contributed by atoms with Crippen molar-refractivity contribution in [2.75, 3.05) is 16.8 Å². The van der Waals surface area contributed by atoms with Gasteiger partial charge in [-0.1, -0.05) is 11.6 Å². The van der Waals surface area contributed by atoms with Gasteiger partial charge in [0.15, 0.2) is 6.10 Å². The number of hydrogen-bond donors (Lipinski definition) is 1. The molecule has 1 aliphatic heterocycles. The third kappa shape index (κ3) is 4.38. The van der Waals surface area contributed by atoms with Crippen molar-refractivity contribution < 1.29 is 36.7 Å². The number of rotatable bonds is 3. The molecule has 1 N–H and O–H groups in total. The first-order valence-electron chi connectivity index (χ1n) is 8.46. The molecule has 2 amide bonds. The number of ether oxygens (including phenoxy) is 1. The third-order valence-corrected chi connectivity index (χ3v) is 4.47. The van der Waals surface area contributed by atoms with Crippen molar-refractivity contribution in [1.82, 2.24) is 0 Å². The number of carbonyl (C=O) groups excluding carboxylic acids is 3. The number of esters is 1. The van der Waals surface area contributed by atoms with Gasteiger partial charge in [-0.2, -0.15) is 13.2 Å². The maximum absolute atomic E-state index is 13.9. The Bertz CT molecular complexity index is 1040. The van der Waals surface area contributed by atoms with E-state index in [4.69, 9.17) is 16.3 Å². The molecule has 2 aromatic rings. The Morgan fingerprint density at radius 3 is 2.53 bits per heavy atom. The summed E-state index contributed by atoms with van der Waals surface area (Å²) in [4.78, 5) is 37.7. The first-order chi connectivity index (χ1) is 14.0. The molecule has 0 aliphatic carbocycles. The summed E-state index contributed by atoms with van der Waals surface area (Å²) in [5, 5.41) is 2.33. The van der Waals surface area contributed by atoms with E-state index in [1.807, 2.05) is 0 Å². The van der Waals surface area contributed by atoms with Gasteiger partial charge in [0.25, 0.3) is 5.91 Å². The van der Waals surface area contributed by atoms with E-state index in [-0.39, 0.29) is 16.4 Å². The van der Waals surface area contributed by atoms with Gasteiger partial charge in [0.2, 0.25) is 5.91 Å². The highest BCUT2D eigenvalue weighted by atomic mass is 35.5. The summed E-state index contributed by atoms with van der Waals surface area (Å²) in [7, 11) is 0. The molecule has 11 heteroatoms. The zero-order valence-electron chi connectivity index (χ0n) is 15.2. The van der Waals surface area contributed by atoms with Crippen LogP contribution in [0.5, 0.6) is 0 Å². The van der Waals surface area contributed by atoms with Crippen molar-refractivity contribution in [1.29, 1.82) is 0 Å². The minimum Gasteiger partial charge on any atom is -0.449 e. The molecule has 0 aromatic heterocycles. The van der Waals surface area contributed by atoms with Crippen molar-refractivity contribution in [2.45, 2.75) is 19.2 Å². The van der Waals surface area contributed by atoms with Crippen LogP contribution in [-0.2, 0) is 20.5 Å². The summed E-state index contributed by atoms with van der Waals surface area (Å²) in [6, 6.07) is 5.73. The van der Waals surface area contributed by atoms with Gasteiger partial charge in [0.05, 0.1) is 22.5 Å². The molecule has 1 aliphatic rings. The summed E-state index contributed by atoms with van der Waals surface area (Å²) in [6.45, 7) is 0.707. The number of alkyl halides is 3. The SMILES string of the molecule is CC(OC(=O)c1ccc(Cl)cc1F)C(=O)N1CC(=O)Nc2cc(C(F)(F)F)ccc21. The maximum Gasteiger partial charge on any atom is 0.416 e. The molecule has 2 aromatic carbocycles. The van der Waals surface area contributed by atoms with Crippen molar-refractivity contribution in [3.8, 4) is 0 Å². The highest BCUT2D eigenvalue weighted by Crippen LogP contribution is 2.37. The van der Waals surface area contributed by atoms with Crippen LogP contribution in [0.2, 0.25) is 5.02 Å². The molecule has 0 fully saturated rings. The molecule has 1 unspecified atom stereocenters. The van der Waals surface area contributed by atoms with Gasteiger partial charge in [0, 0.05) is 5.02 Å². The first kappa shape index (κ1) is 21.6. The molecule has 6 nitrogen and oxygen atoms in total. The lowest BCUT2D eigenvalue weighted by Crippen LogP contribution is -2.47. The lowest BCUT2D eigenvalue weighted by atomic mass is 10.1. The average molecular weight is 445 g/mol. The Labute approximate surface area is 172 Å². The van der Waals surface area contributed by atoms with Crippen LogP contribution in [-0.4, -0.2) is 30.4 Å². The second kappa shape index (κ2) is 7.94. The van der Waals surface area contributed by atoms with Crippen LogP contribution in [0.15, 0.2) is 36.4 Å². The molecule has 1 heterocycles. The fourth-order valence-corrected chi connectivity index (χ4v) is 2.97. The van der Waals surface area contributed by atoms with Gasteiger partial charge < -0.3 is 10.1 Å². The van der Waals surface area contributed by atoms with E-state index < -0.39 is 53.6 Å². The van der Waals surface area contributed by atoms with E-state index >= 15 is 0 Å². The van der Waals surface area contributed by atoms with E-state index in [2.05, 4.69) is 5.32 Å². The molecule has 0 radical (unpaired) electrons. The zero-order chi connectivity index (χ0) is 22.2. The van der Waals surface area contributed by atoms with Crippen molar-refractivity contribution >= 4 is 40.8 Å². The number of anilines is 2. The number of fused-ring (bicyclic) bond motifs is 1. The molecular formula is C19H13ClF4N2O4. The Hall–Kier alpha value is -3.14. The van der Waals surface area contributed by atoms with Gasteiger partial charge in [0.1, 0.15) is 12.4 Å². The maximum atomic E-state index is 13.9. The van der Waals surface area contributed by atoms with Crippen molar-refractivity contribution in [3.63, 3.8) is 0 Å². The summed E-state index contributed by atoms with van der Waals surface area (Å²) in [5.74, 6) is -3.68. The lowest BCUT2D eigenvalue weighted by molar-refractivity contribution is -0.137. The number of nitrogens with one attached hydrogen (secondary N) is 1. The van der Waals surface area contributed by atoms with E-state index in [0.29, 0.717) is 6.07 Å². The van der Waals surface area contributed by atoms with Crippen LogP contribution in [0.3, 0.4) is 0 Å². The summed E-state index contributed by atoms with van der Waals surface area (Å²) < 4.78 is 57.6. The normalized spacial score (nSPS) is 14.6. The number of nitrogens with zero attached hydrogens (tertiary/aromatic N) is 1. The minimum absolute atomic E-state index is 0.00757. The Morgan fingerprint density at radius 1 is 1.20 bits per heavy atom. The molecule has 0 bridgehead atoms. The quantitative estimate of drug-likeness (QED) is 0.573. The van der Waals surface area contributed by atoms with Crippen molar-refractivity contribution in [3.05, 3.63) is 58.4 Å². The number of benzene rings is 2. The summed E-state index contributed by atoms with van der Waals surface area (Å²) in [5.41, 5.74) is -1.66. The summed E-state index contributed by atoms with van der Waals surface area (Å²) >= 11 is 5.62. The van der Waals surface area contributed by atoms with Crippen LogP contribution in [0.1, 0.15) is 22.8 Å². The van der Waals surface area contributed by atoms with Crippen molar-refractivity contribution in [2.24, 2.45) is 0 Å². The Balaban J connectivity index is 1.83. The monoisotopic (exact) mass is 444 g/mol. The van der Waals surface area contributed by atoms with Gasteiger partial charge in [-0.15, -0.1) is 0 Å². The topological polar surface area (TPSA) is 75.7 Å². The highest BCUT2D eigenvalue weighted by Gasteiger charge is 2.35. The van der Waals surface area contributed by atoms with Gasteiger partial charge >= 0.3 is 12.1 Å². The fourth-order valence-electron chi connectivity index (χ4n) is 2.81. The van der Waals surface area contributed by atoms with Crippen LogP contribution in [0.4, 0.5) is 28.9 Å². The summed E-state index contributed by atoms with van der Waals surface area (Å²) in [6.07, 6.45) is -6.09. The predicted octanol–water partition coefficient (Wildman–Crippen LogP) is 4.03. The van der Waals surface area contributed by atoms with E-state index in [0.717, 1.165) is 29.2 Å². The molecule has 30 heavy (non-hydrogen) atoms. The smallest absolute Gasteiger partial charge is 0.416 e. The number of amides is 2. The third-order valence-electron chi connectivity index (χ3n) is 4.24. The zero-order valence-corrected chi connectivity index (χ0v) is 16.0. The van der Waals surface area contributed by atoms with Crippen LogP contribution >= 0.6 is 11.6 Å². The lowest BCUT2D eigenvalue weighted by Gasteiger charge is -2.31. The number of hydrogen-bond acceptors (Lipinski definition) is 4. The molecule has 0 spiro atoms. The van der Waals surface area contributed by atoms with Crippen LogP contribution < -0.4 is 10.2 Å². The number of carbonyl (C=O) groups is 3. The largest absolute Gasteiger partial charge is 0.449 e. The minimum atomic E-state index is -4.64. The van der Waals surface area contributed by atoms with E-state index in [1.165, 1.54) is 13.0 Å². The average Bonchev–Trinajstić information content (AvgIpc) is 2.65. The Morgan fingerprint density at radius 2 is 1.90 bits per heavy atom. The van der Waals surface area contributed by atoms with E-state index in [9.17, 15) is 31.9 Å². The molecule has 158 valence electrons. The highest BCUT2D eigenvalue weighted by molar-refractivity contribution is 6.30. The van der Waals surface area contributed by atoms with Crippen LogP contribution in [0.25, 0.3) is 0 Å². The second-order valence-corrected chi connectivity index (χ2v) is 6.81. The molecular weight excluding hydrogens is 432 g/mol. The Kier molecular flexibility index (Phi) is 5.71. The molecule has 3 rings (SSSR count). The van der Waals surface area contributed by atoms with E-state index in [1.54, 1.807) is 0 Å². The standard InChI is InChI=1S/C19H13ClF4N2O4/c1-9(30-18(29)12-4-3-11(20)7-13(12)21)17(28)26-8-16(27)25-14-6-10(19(22,23)24)2-5-15(14)26/h2-7,9H,8H2,1H3,(H,25,27). The predicted molar refractivity (Wildman–Crippen MR) is 98.7 cm³/mol. The van der Waals surface area contributed by atoms with Gasteiger partial charge in [-0.25, -0.2) is 9.18 Å².